The van der Waals surface area contributed by atoms with E-state index in [0.717, 1.165) is 30.5 Å². The molecule has 1 unspecified atom stereocenters. The molecular weight excluding hydrogens is 290 g/mol. The van der Waals surface area contributed by atoms with E-state index >= 15 is 0 Å². The van der Waals surface area contributed by atoms with Gasteiger partial charge in [0.2, 0.25) is 0 Å². The normalized spacial score (nSPS) is 17.8. The average Bonchev–Trinajstić information content (AvgIpc) is 2.86. The topological polar surface area (TPSA) is 24.9 Å². The molecule has 0 fully saturated rings. The van der Waals surface area contributed by atoms with Gasteiger partial charge in [-0.2, -0.15) is 0 Å². The maximum atomic E-state index is 13.7. The second-order valence-electron chi connectivity index (χ2n) is 5.48. The van der Waals surface area contributed by atoms with Gasteiger partial charge in [-0.25, -0.2) is 13.8 Å². The molecule has 0 saturated carbocycles. The Morgan fingerprint density at radius 2 is 2.24 bits per heavy atom. The lowest BCUT2D eigenvalue weighted by Gasteiger charge is -2.20. The quantitative estimate of drug-likeness (QED) is 0.932. The minimum atomic E-state index is -0.538. The van der Waals surface area contributed by atoms with Crippen LogP contribution in [0.4, 0.5) is 8.78 Å². The van der Waals surface area contributed by atoms with Crippen LogP contribution in [0.15, 0.2) is 18.2 Å². The van der Waals surface area contributed by atoms with E-state index in [-0.39, 0.29) is 0 Å². The van der Waals surface area contributed by atoms with E-state index in [1.165, 1.54) is 29.1 Å². The Morgan fingerprint density at radius 1 is 1.38 bits per heavy atom. The summed E-state index contributed by atoms with van der Waals surface area (Å²) in [5.74, 6) is -0.569. The molecule has 0 bridgehead atoms. The number of nitrogens with zero attached hydrogens (tertiary/aromatic N) is 1. The van der Waals surface area contributed by atoms with Crippen molar-refractivity contribution >= 4 is 11.3 Å². The van der Waals surface area contributed by atoms with Crippen LogP contribution in [-0.4, -0.2) is 18.6 Å². The number of rotatable bonds is 4. The van der Waals surface area contributed by atoms with E-state index < -0.39 is 11.6 Å². The monoisotopic (exact) mass is 308 g/mol. The second kappa shape index (κ2) is 6.20. The summed E-state index contributed by atoms with van der Waals surface area (Å²) >= 11 is 1.67. The lowest BCUT2D eigenvalue weighted by atomic mass is 9.91. The predicted molar refractivity (Wildman–Crippen MR) is 80.9 cm³/mol. The van der Waals surface area contributed by atoms with Crippen molar-refractivity contribution in [2.75, 3.05) is 13.6 Å². The minimum Gasteiger partial charge on any atom is -0.319 e. The number of thiazole rings is 1. The van der Waals surface area contributed by atoms with Crippen LogP contribution in [0.3, 0.4) is 0 Å². The fraction of sp³-hybridized carbons (Fsp3) is 0.438. The first kappa shape index (κ1) is 14.6. The number of aromatic nitrogens is 1. The molecule has 2 nitrogen and oxygen atoms in total. The van der Waals surface area contributed by atoms with E-state index in [9.17, 15) is 8.78 Å². The third-order valence-corrected chi connectivity index (χ3v) is 5.05. The van der Waals surface area contributed by atoms with Gasteiger partial charge >= 0.3 is 0 Å². The van der Waals surface area contributed by atoms with Crippen molar-refractivity contribution in [1.29, 1.82) is 0 Å². The zero-order chi connectivity index (χ0) is 14.8. The van der Waals surface area contributed by atoms with Crippen LogP contribution in [0.25, 0.3) is 0 Å². The zero-order valence-corrected chi connectivity index (χ0v) is 12.8. The Labute approximate surface area is 127 Å². The number of nitrogens with one attached hydrogen (secondary N) is 1. The smallest absolute Gasteiger partial charge is 0.129 e. The van der Waals surface area contributed by atoms with Gasteiger partial charge < -0.3 is 5.32 Å². The van der Waals surface area contributed by atoms with E-state index in [4.69, 9.17) is 4.98 Å². The Kier molecular flexibility index (Phi) is 4.31. The van der Waals surface area contributed by atoms with Gasteiger partial charge in [-0.3, -0.25) is 0 Å². The van der Waals surface area contributed by atoms with Crippen LogP contribution in [0.2, 0.25) is 0 Å². The Morgan fingerprint density at radius 3 is 3.00 bits per heavy atom. The standard InChI is InChI=1S/C16H18F2N2S/c1-19-9-11-3-2-4-14-16(11)20-15(21-14)7-10-5-6-12(17)8-13(10)18/h5-6,8,11,19H,2-4,7,9H2,1H3. The summed E-state index contributed by atoms with van der Waals surface area (Å²) in [6.07, 6.45) is 3.85. The van der Waals surface area contributed by atoms with Crippen LogP contribution in [0.5, 0.6) is 0 Å². The highest BCUT2D eigenvalue weighted by Gasteiger charge is 2.24. The number of likely N-dealkylation sites (N-methyl/N-ethyl adjacent to an activating group) is 1. The fourth-order valence-corrected chi connectivity index (χ4v) is 4.13. The molecule has 0 amide bonds. The number of hydrogen-bond donors (Lipinski definition) is 1. The number of benzene rings is 1. The van der Waals surface area contributed by atoms with Crippen molar-refractivity contribution in [1.82, 2.24) is 10.3 Å². The average molecular weight is 308 g/mol. The number of fused-ring (bicyclic) bond motifs is 1. The molecule has 1 atom stereocenters. The molecule has 21 heavy (non-hydrogen) atoms. The number of aryl methyl sites for hydroxylation is 1. The molecule has 5 heteroatoms. The van der Waals surface area contributed by atoms with Crippen LogP contribution < -0.4 is 5.32 Å². The maximum Gasteiger partial charge on any atom is 0.129 e. The summed E-state index contributed by atoms with van der Waals surface area (Å²) in [6, 6.07) is 3.75. The molecular formula is C16H18F2N2S. The maximum absolute atomic E-state index is 13.7. The highest BCUT2D eigenvalue weighted by atomic mass is 32.1. The highest BCUT2D eigenvalue weighted by molar-refractivity contribution is 7.11. The van der Waals surface area contributed by atoms with Gasteiger partial charge in [0.05, 0.1) is 10.7 Å². The van der Waals surface area contributed by atoms with Gasteiger partial charge in [-0.15, -0.1) is 11.3 Å². The molecule has 112 valence electrons. The fourth-order valence-electron chi connectivity index (χ4n) is 2.91. The molecule has 3 rings (SSSR count). The molecule has 1 aromatic heterocycles. The van der Waals surface area contributed by atoms with Crippen LogP contribution >= 0.6 is 11.3 Å². The van der Waals surface area contributed by atoms with Crippen molar-refractivity contribution in [2.45, 2.75) is 31.6 Å². The number of hydrogen-bond acceptors (Lipinski definition) is 3. The molecule has 0 spiro atoms. The summed E-state index contributed by atoms with van der Waals surface area (Å²) in [5.41, 5.74) is 1.69. The van der Waals surface area contributed by atoms with Crippen molar-refractivity contribution in [2.24, 2.45) is 0 Å². The van der Waals surface area contributed by atoms with Crippen LogP contribution in [0.1, 0.15) is 39.9 Å². The molecule has 2 aromatic rings. The van der Waals surface area contributed by atoms with Crippen LogP contribution in [-0.2, 0) is 12.8 Å². The molecule has 1 aromatic carbocycles. The Balaban J connectivity index is 1.84. The van der Waals surface area contributed by atoms with Crippen molar-refractivity contribution in [3.8, 4) is 0 Å². The predicted octanol–water partition coefficient (Wildman–Crippen LogP) is 3.65. The molecule has 1 N–H and O–H groups in total. The Hall–Kier alpha value is -1.33. The van der Waals surface area contributed by atoms with Crippen molar-refractivity contribution in [3.63, 3.8) is 0 Å². The van der Waals surface area contributed by atoms with Gasteiger partial charge in [-0.1, -0.05) is 6.07 Å². The zero-order valence-electron chi connectivity index (χ0n) is 12.0. The van der Waals surface area contributed by atoms with E-state index in [1.54, 1.807) is 11.3 Å². The van der Waals surface area contributed by atoms with E-state index in [2.05, 4.69) is 5.32 Å². The molecule has 1 aliphatic carbocycles. The van der Waals surface area contributed by atoms with E-state index in [0.29, 0.717) is 17.9 Å². The minimum absolute atomic E-state index is 0.441. The lowest BCUT2D eigenvalue weighted by Crippen LogP contribution is -2.21. The van der Waals surface area contributed by atoms with Crippen molar-refractivity contribution in [3.05, 3.63) is 51.0 Å². The van der Waals surface area contributed by atoms with Gasteiger partial charge in [-0.05, 0) is 37.9 Å². The lowest BCUT2D eigenvalue weighted by molar-refractivity contribution is 0.522. The summed E-state index contributed by atoms with van der Waals surface area (Å²) in [4.78, 5) is 6.06. The largest absolute Gasteiger partial charge is 0.319 e. The van der Waals surface area contributed by atoms with E-state index in [1.807, 2.05) is 7.05 Å². The molecule has 0 radical (unpaired) electrons. The molecule has 1 aliphatic rings. The highest BCUT2D eigenvalue weighted by Crippen LogP contribution is 2.35. The van der Waals surface area contributed by atoms with Crippen LogP contribution in [0, 0.1) is 11.6 Å². The number of halogens is 2. The van der Waals surface area contributed by atoms with Gasteiger partial charge in [0.1, 0.15) is 11.6 Å². The van der Waals surface area contributed by atoms with Crippen molar-refractivity contribution < 1.29 is 8.78 Å². The third-order valence-electron chi connectivity index (χ3n) is 3.92. The first-order chi connectivity index (χ1) is 10.2. The van der Waals surface area contributed by atoms with Gasteiger partial charge in [0.15, 0.2) is 0 Å². The van der Waals surface area contributed by atoms with Gasteiger partial charge in [0, 0.05) is 29.8 Å². The van der Waals surface area contributed by atoms with Gasteiger partial charge in [0.25, 0.3) is 0 Å². The summed E-state index contributed by atoms with van der Waals surface area (Å²) < 4.78 is 26.7. The first-order valence-electron chi connectivity index (χ1n) is 7.24. The Bertz CT molecular complexity index is 639. The molecule has 0 aliphatic heterocycles. The second-order valence-corrected chi connectivity index (χ2v) is 6.64. The first-order valence-corrected chi connectivity index (χ1v) is 8.06. The molecule has 0 saturated heterocycles. The SMILES string of the molecule is CNCC1CCCc2sc(Cc3ccc(F)cc3F)nc21. The summed E-state index contributed by atoms with van der Waals surface area (Å²) in [5, 5.41) is 4.14. The molecule has 1 heterocycles. The summed E-state index contributed by atoms with van der Waals surface area (Å²) in [7, 11) is 1.95. The summed E-state index contributed by atoms with van der Waals surface area (Å²) in [6.45, 7) is 0.932. The third kappa shape index (κ3) is 3.14.